The van der Waals surface area contributed by atoms with Gasteiger partial charge in [0.2, 0.25) is 5.95 Å². The van der Waals surface area contributed by atoms with Crippen LogP contribution in [0, 0.1) is 5.92 Å². The van der Waals surface area contributed by atoms with Crippen LogP contribution in [0.3, 0.4) is 0 Å². The first kappa shape index (κ1) is 24.1. The van der Waals surface area contributed by atoms with Gasteiger partial charge in [-0.25, -0.2) is 14.8 Å². The molecule has 2 aromatic rings. The smallest absolute Gasteiger partial charge is 0.475 e. The number of carbonyl (C=O) groups is 2. The predicted molar refractivity (Wildman–Crippen MR) is 106 cm³/mol. The lowest BCUT2D eigenvalue weighted by Gasteiger charge is -2.09. The van der Waals surface area contributed by atoms with Crippen LogP contribution in [0.4, 0.5) is 19.1 Å². The molecule has 0 spiro atoms. The Kier molecular flexibility index (Phi) is 7.97. The minimum absolute atomic E-state index is 0.0677. The van der Waals surface area contributed by atoms with Gasteiger partial charge in [-0.1, -0.05) is 0 Å². The minimum Gasteiger partial charge on any atom is -0.475 e. The zero-order valence-corrected chi connectivity index (χ0v) is 17.1. The summed E-state index contributed by atoms with van der Waals surface area (Å²) in [5, 5.41) is 18.7. The van der Waals surface area contributed by atoms with Gasteiger partial charge in [-0.05, 0) is 24.8 Å². The van der Waals surface area contributed by atoms with Crippen LogP contribution >= 0.6 is 0 Å². The van der Waals surface area contributed by atoms with Gasteiger partial charge in [-0.3, -0.25) is 4.79 Å². The van der Waals surface area contributed by atoms with Crippen molar-refractivity contribution in [3.63, 3.8) is 0 Å². The van der Waals surface area contributed by atoms with E-state index in [4.69, 9.17) is 15.0 Å². The van der Waals surface area contributed by atoms with E-state index in [0.717, 1.165) is 17.7 Å². The average molecular weight is 443 g/mol. The van der Waals surface area contributed by atoms with Crippen LogP contribution in [0.5, 0.6) is 0 Å². The van der Waals surface area contributed by atoms with Gasteiger partial charge in [-0.15, -0.1) is 0 Å². The molecule has 1 fully saturated rings. The first-order valence-electron chi connectivity index (χ1n) is 9.42. The SMILES string of the molecule is CN(C)c1ncc(-c2cc(C(=O)NCCO)n(CC3CC3)c2)cn1.O=C(O)C(F)(F)F. The molecule has 3 N–H and O–H groups in total. The van der Waals surface area contributed by atoms with Crippen molar-refractivity contribution in [2.45, 2.75) is 25.6 Å². The van der Waals surface area contributed by atoms with Crippen LogP contribution in [0.2, 0.25) is 0 Å². The molecule has 170 valence electrons. The van der Waals surface area contributed by atoms with Crippen LogP contribution in [0.15, 0.2) is 24.7 Å². The molecule has 0 unspecified atom stereocenters. The molecule has 0 radical (unpaired) electrons. The molecule has 0 aromatic carbocycles. The van der Waals surface area contributed by atoms with E-state index in [-0.39, 0.29) is 19.1 Å². The third kappa shape index (κ3) is 7.24. The second-order valence-electron chi connectivity index (χ2n) is 7.16. The molecule has 0 atom stereocenters. The molecule has 1 aliphatic carbocycles. The van der Waals surface area contributed by atoms with Gasteiger partial charge < -0.3 is 25.0 Å². The number of amides is 1. The second-order valence-corrected chi connectivity index (χ2v) is 7.16. The number of nitrogens with zero attached hydrogens (tertiary/aromatic N) is 4. The van der Waals surface area contributed by atoms with Gasteiger partial charge in [0.15, 0.2) is 0 Å². The highest BCUT2D eigenvalue weighted by Gasteiger charge is 2.38. The number of anilines is 1. The maximum Gasteiger partial charge on any atom is 0.490 e. The number of alkyl halides is 3. The summed E-state index contributed by atoms with van der Waals surface area (Å²) in [5.41, 5.74) is 2.42. The first-order chi connectivity index (χ1) is 14.5. The highest BCUT2D eigenvalue weighted by molar-refractivity contribution is 5.94. The highest BCUT2D eigenvalue weighted by atomic mass is 19.4. The number of hydrogen-bond donors (Lipinski definition) is 3. The Morgan fingerprint density at radius 1 is 1.23 bits per heavy atom. The van der Waals surface area contributed by atoms with E-state index in [1.54, 1.807) is 12.4 Å². The number of carboxylic acids is 1. The molecule has 0 bridgehead atoms. The Morgan fingerprint density at radius 3 is 2.26 bits per heavy atom. The number of aromatic nitrogens is 3. The lowest BCUT2D eigenvalue weighted by molar-refractivity contribution is -0.192. The summed E-state index contributed by atoms with van der Waals surface area (Å²) in [5.74, 6) is -1.62. The fourth-order valence-corrected chi connectivity index (χ4v) is 2.55. The number of nitrogens with one attached hydrogen (secondary N) is 1. The third-order valence-electron chi connectivity index (χ3n) is 4.29. The maximum atomic E-state index is 12.3. The molecule has 1 saturated carbocycles. The normalized spacial score (nSPS) is 13.2. The highest BCUT2D eigenvalue weighted by Crippen LogP contribution is 2.32. The van der Waals surface area contributed by atoms with Gasteiger partial charge >= 0.3 is 12.1 Å². The van der Waals surface area contributed by atoms with E-state index in [1.165, 1.54) is 12.8 Å². The van der Waals surface area contributed by atoms with Crippen LogP contribution in [-0.4, -0.2) is 70.0 Å². The third-order valence-corrected chi connectivity index (χ3v) is 4.29. The molecular weight excluding hydrogens is 419 g/mol. The van der Waals surface area contributed by atoms with Crippen molar-refractivity contribution in [1.29, 1.82) is 0 Å². The molecule has 12 heteroatoms. The molecule has 0 saturated heterocycles. The van der Waals surface area contributed by atoms with Crippen molar-refractivity contribution in [3.8, 4) is 11.1 Å². The number of hydrogen-bond acceptors (Lipinski definition) is 6. The number of halogens is 3. The Balaban J connectivity index is 0.000000423. The number of aliphatic carboxylic acids is 1. The average Bonchev–Trinajstić information content (AvgIpc) is 3.42. The largest absolute Gasteiger partial charge is 0.490 e. The lowest BCUT2D eigenvalue weighted by Crippen LogP contribution is -2.28. The van der Waals surface area contributed by atoms with Crippen molar-refractivity contribution in [1.82, 2.24) is 19.9 Å². The Labute approximate surface area is 176 Å². The molecule has 0 aliphatic heterocycles. The quantitative estimate of drug-likeness (QED) is 0.597. The topological polar surface area (TPSA) is 121 Å². The van der Waals surface area contributed by atoms with Crippen molar-refractivity contribution in [3.05, 3.63) is 30.4 Å². The Hall–Kier alpha value is -3.15. The molecule has 2 aromatic heterocycles. The molecular formula is C19H24F3N5O4. The number of carboxylic acid groups (broad SMARTS) is 1. The standard InChI is InChI=1S/C17H23N5O2.C2HF3O2/c1-21(2)17-19-8-14(9-20-17)13-7-15(16(24)18-5-6-23)22(11-13)10-12-3-4-12;3-2(4,5)1(6)7/h7-9,11-12,23H,3-6,10H2,1-2H3,(H,18,24);(H,6,7). The lowest BCUT2D eigenvalue weighted by atomic mass is 10.2. The molecule has 1 aliphatic rings. The van der Waals surface area contributed by atoms with Crippen LogP contribution in [0.25, 0.3) is 11.1 Å². The molecule has 1 amide bonds. The second kappa shape index (κ2) is 10.2. The van der Waals surface area contributed by atoms with Crippen molar-refractivity contribution >= 4 is 17.8 Å². The predicted octanol–water partition coefficient (Wildman–Crippen LogP) is 1.78. The fraction of sp³-hybridized carbons (Fsp3) is 0.474. The van der Waals surface area contributed by atoms with E-state index in [2.05, 4.69) is 15.3 Å². The number of aliphatic hydroxyl groups is 1. The summed E-state index contributed by atoms with van der Waals surface area (Å²) >= 11 is 0. The number of carbonyl (C=O) groups excluding carboxylic acids is 1. The van der Waals surface area contributed by atoms with Crippen molar-refractivity contribution in [2.75, 3.05) is 32.1 Å². The van der Waals surface area contributed by atoms with Gasteiger partial charge in [-0.2, -0.15) is 13.2 Å². The van der Waals surface area contributed by atoms with Crippen LogP contribution < -0.4 is 10.2 Å². The number of aliphatic hydroxyl groups excluding tert-OH is 1. The van der Waals surface area contributed by atoms with E-state index < -0.39 is 12.1 Å². The summed E-state index contributed by atoms with van der Waals surface area (Å²) in [7, 11) is 3.79. The zero-order valence-electron chi connectivity index (χ0n) is 17.1. The minimum atomic E-state index is -5.08. The number of rotatable bonds is 7. The Morgan fingerprint density at radius 2 is 1.81 bits per heavy atom. The summed E-state index contributed by atoms with van der Waals surface area (Å²) in [6, 6.07) is 1.86. The monoisotopic (exact) mass is 443 g/mol. The summed E-state index contributed by atoms with van der Waals surface area (Å²) < 4.78 is 33.7. The summed E-state index contributed by atoms with van der Waals surface area (Å²) in [4.78, 5) is 31.7. The molecule has 2 heterocycles. The van der Waals surface area contributed by atoms with Gasteiger partial charge in [0.1, 0.15) is 5.69 Å². The first-order valence-corrected chi connectivity index (χ1v) is 9.42. The van der Waals surface area contributed by atoms with Gasteiger partial charge in [0, 0.05) is 56.9 Å². The fourth-order valence-electron chi connectivity index (χ4n) is 2.55. The van der Waals surface area contributed by atoms with Gasteiger partial charge in [0.25, 0.3) is 5.91 Å². The van der Waals surface area contributed by atoms with E-state index >= 15 is 0 Å². The van der Waals surface area contributed by atoms with E-state index in [1.807, 2.05) is 35.8 Å². The van der Waals surface area contributed by atoms with Crippen LogP contribution in [0.1, 0.15) is 23.3 Å². The Bertz CT molecular complexity index is 893. The van der Waals surface area contributed by atoms with Crippen LogP contribution in [-0.2, 0) is 11.3 Å². The maximum absolute atomic E-state index is 12.3. The summed E-state index contributed by atoms with van der Waals surface area (Å²) in [6.07, 6.45) is 2.88. The van der Waals surface area contributed by atoms with Crippen molar-refractivity contribution in [2.24, 2.45) is 5.92 Å². The van der Waals surface area contributed by atoms with Crippen molar-refractivity contribution < 1.29 is 33.0 Å². The zero-order chi connectivity index (χ0) is 23.2. The molecule has 31 heavy (non-hydrogen) atoms. The summed E-state index contributed by atoms with van der Waals surface area (Å²) in [6.45, 7) is 1.03. The molecule has 9 nitrogen and oxygen atoms in total. The van der Waals surface area contributed by atoms with Gasteiger partial charge in [0.05, 0.1) is 6.61 Å². The van der Waals surface area contributed by atoms with E-state index in [9.17, 15) is 18.0 Å². The van der Waals surface area contributed by atoms with E-state index in [0.29, 0.717) is 17.6 Å². The molecule has 3 rings (SSSR count).